The predicted octanol–water partition coefficient (Wildman–Crippen LogP) is 0.802. The predicted molar refractivity (Wildman–Crippen MR) is 70.5 cm³/mol. The summed E-state index contributed by atoms with van der Waals surface area (Å²) in [6.07, 6.45) is 1.21. The summed E-state index contributed by atoms with van der Waals surface area (Å²) in [6, 6.07) is 5.77. The molecule has 0 fully saturated rings. The molecule has 0 spiro atoms. The number of rotatable bonds is 6. The van der Waals surface area contributed by atoms with Crippen LogP contribution in [0.1, 0.15) is 11.6 Å². The summed E-state index contributed by atoms with van der Waals surface area (Å²) in [5.41, 5.74) is 6.81. The van der Waals surface area contributed by atoms with E-state index in [2.05, 4.69) is 0 Å². The van der Waals surface area contributed by atoms with Gasteiger partial charge in [0.2, 0.25) is 0 Å². The van der Waals surface area contributed by atoms with Crippen molar-refractivity contribution in [2.75, 3.05) is 32.1 Å². The van der Waals surface area contributed by atoms with E-state index in [0.717, 1.165) is 5.56 Å². The summed E-state index contributed by atoms with van der Waals surface area (Å²) in [5.74, 6) is -0.184. The molecule has 0 radical (unpaired) electrons. The van der Waals surface area contributed by atoms with Crippen LogP contribution in [-0.4, -0.2) is 45.5 Å². The molecule has 1 aromatic carbocycles. The van der Waals surface area contributed by atoms with E-state index in [1.54, 1.807) is 12.1 Å². The molecule has 0 aromatic heterocycles. The second kappa shape index (κ2) is 6.26. The maximum absolute atomic E-state index is 12.7. The molecule has 0 bridgehead atoms. The standard InChI is InChI=1S/C12H19FN2O2S/c1-15(7-8-18(2,16)17)9-12(14)10-3-5-11(13)6-4-10/h3-6,12H,7-9,14H2,1-2H3. The van der Waals surface area contributed by atoms with Gasteiger partial charge in [0.15, 0.2) is 0 Å². The zero-order chi connectivity index (χ0) is 13.8. The van der Waals surface area contributed by atoms with Crippen molar-refractivity contribution in [1.82, 2.24) is 4.90 Å². The van der Waals surface area contributed by atoms with E-state index in [1.807, 2.05) is 11.9 Å². The minimum atomic E-state index is -2.96. The third-order valence-electron chi connectivity index (χ3n) is 2.65. The fourth-order valence-electron chi connectivity index (χ4n) is 1.56. The lowest BCUT2D eigenvalue weighted by Gasteiger charge is -2.21. The summed E-state index contributed by atoms with van der Waals surface area (Å²) in [4.78, 5) is 1.86. The molecule has 1 rings (SSSR count). The molecule has 4 nitrogen and oxygen atoms in total. The molecule has 2 N–H and O–H groups in total. The first-order valence-corrected chi connectivity index (χ1v) is 7.71. The highest BCUT2D eigenvalue weighted by Crippen LogP contribution is 2.12. The van der Waals surface area contributed by atoms with Crippen LogP contribution in [0.3, 0.4) is 0 Å². The molecule has 1 atom stereocenters. The Balaban J connectivity index is 2.49. The Morgan fingerprint density at radius 1 is 1.33 bits per heavy atom. The fourth-order valence-corrected chi connectivity index (χ4v) is 2.21. The van der Waals surface area contributed by atoms with Crippen molar-refractivity contribution >= 4 is 9.84 Å². The van der Waals surface area contributed by atoms with Crippen molar-refractivity contribution in [3.05, 3.63) is 35.6 Å². The molecule has 1 unspecified atom stereocenters. The molecular weight excluding hydrogens is 255 g/mol. The highest BCUT2D eigenvalue weighted by Gasteiger charge is 2.11. The normalized spacial score (nSPS) is 13.8. The van der Waals surface area contributed by atoms with E-state index in [1.165, 1.54) is 18.4 Å². The summed E-state index contributed by atoms with van der Waals surface area (Å²) < 4.78 is 34.8. The van der Waals surface area contributed by atoms with E-state index >= 15 is 0 Å². The van der Waals surface area contributed by atoms with Crippen LogP contribution in [0, 0.1) is 5.82 Å². The lowest BCUT2D eigenvalue weighted by atomic mass is 10.1. The Hall–Kier alpha value is -0.980. The lowest BCUT2D eigenvalue weighted by molar-refractivity contribution is 0.329. The summed E-state index contributed by atoms with van der Waals surface area (Å²) in [7, 11) is -1.14. The highest BCUT2D eigenvalue weighted by molar-refractivity contribution is 7.90. The molecule has 0 aliphatic heterocycles. The Labute approximate surface area is 108 Å². The van der Waals surface area contributed by atoms with Gasteiger partial charge < -0.3 is 10.6 Å². The number of nitrogens with zero attached hydrogens (tertiary/aromatic N) is 1. The van der Waals surface area contributed by atoms with Gasteiger partial charge in [0.25, 0.3) is 0 Å². The molecule has 0 saturated heterocycles. The molecule has 102 valence electrons. The molecule has 18 heavy (non-hydrogen) atoms. The summed E-state index contributed by atoms with van der Waals surface area (Å²) >= 11 is 0. The van der Waals surface area contributed by atoms with Crippen molar-refractivity contribution < 1.29 is 12.8 Å². The van der Waals surface area contributed by atoms with Gasteiger partial charge in [-0.3, -0.25) is 0 Å². The Morgan fingerprint density at radius 2 is 1.89 bits per heavy atom. The molecule has 0 amide bonds. The SMILES string of the molecule is CN(CCS(C)(=O)=O)CC(N)c1ccc(F)cc1. The fraction of sp³-hybridized carbons (Fsp3) is 0.500. The van der Waals surface area contributed by atoms with Gasteiger partial charge in [-0.2, -0.15) is 0 Å². The molecule has 0 heterocycles. The van der Waals surface area contributed by atoms with E-state index in [9.17, 15) is 12.8 Å². The van der Waals surface area contributed by atoms with E-state index in [0.29, 0.717) is 13.1 Å². The van der Waals surface area contributed by atoms with Crippen LogP contribution in [0.15, 0.2) is 24.3 Å². The number of hydrogen-bond donors (Lipinski definition) is 1. The third-order valence-corrected chi connectivity index (χ3v) is 3.57. The van der Waals surface area contributed by atoms with Gasteiger partial charge in [-0.05, 0) is 24.7 Å². The van der Waals surface area contributed by atoms with Gasteiger partial charge in [-0.15, -0.1) is 0 Å². The van der Waals surface area contributed by atoms with Crippen molar-refractivity contribution in [3.63, 3.8) is 0 Å². The minimum Gasteiger partial charge on any atom is -0.323 e. The summed E-state index contributed by atoms with van der Waals surface area (Å²) in [6.45, 7) is 0.967. The van der Waals surface area contributed by atoms with Crippen LogP contribution in [-0.2, 0) is 9.84 Å². The van der Waals surface area contributed by atoms with Gasteiger partial charge in [-0.1, -0.05) is 12.1 Å². The smallest absolute Gasteiger partial charge is 0.148 e. The van der Waals surface area contributed by atoms with Gasteiger partial charge >= 0.3 is 0 Å². The topological polar surface area (TPSA) is 63.4 Å². The molecule has 0 saturated carbocycles. The second-order valence-electron chi connectivity index (χ2n) is 4.55. The van der Waals surface area contributed by atoms with Crippen LogP contribution in [0.4, 0.5) is 4.39 Å². The van der Waals surface area contributed by atoms with E-state index in [4.69, 9.17) is 5.73 Å². The average molecular weight is 274 g/mol. The molecule has 0 aliphatic carbocycles. The number of hydrogen-bond acceptors (Lipinski definition) is 4. The lowest BCUT2D eigenvalue weighted by Crippen LogP contribution is -2.32. The molecule has 1 aromatic rings. The number of benzene rings is 1. The zero-order valence-electron chi connectivity index (χ0n) is 10.6. The van der Waals surface area contributed by atoms with Gasteiger partial charge in [0.05, 0.1) is 5.75 Å². The number of halogens is 1. The Kier molecular flexibility index (Phi) is 5.25. The van der Waals surface area contributed by atoms with Crippen LogP contribution in [0.25, 0.3) is 0 Å². The first-order valence-electron chi connectivity index (χ1n) is 5.65. The second-order valence-corrected chi connectivity index (χ2v) is 6.81. The first-order chi connectivity index (χ1) is 8.28. The molecule has 6 heteroatoms. The summed E-state index contributed by atoms with van der Waals surface area (Å²) in [5, 5.41) is 0. The Bertz CT molecular complexity index is 473. The van der Waals surface area contributed by atoms with Crippen molar-refractivity contribution in [3.8, 4) is 0 Å². The van der Waals surface area contributed by atoms with Crippen LogP contribution < -0.4 is 5.73 Å². The van der Waals surface area contributed by atoms with Gasteiger partial charge in [0.1, 0.15) is 15.7 Å². The average Bonchev–Trinajstić information content (AvgIpc) is 2.26. The van der Waals surface area contributed by atoms with Crippen LogP contribution in [0.2, 0.25) is 0 Å². The van der Waals surface area contributed by atoms with Crippen LogP contribution >= 0.6 is 0 Å². The highest BCUT2D eigenvalue weighted by atomic mass is 32.2. The van der Waals surface area contributed by atoms with Crippen LogP contribution in [0.5, 0.6) is 0 Å². The van der Waals surface area contributed by atoms with Crippen molar-refractivity contribution in [2.24, 2.45) is 5.73 Å². The molecular formula is C12H19FN2O2S. The quantitative estimate of drug-likeness (QED) is 0.833. The largest absolute Gasteiger partial charge is 0.323 e. The maximum atomic E-state index is 12.7. The van der Waals surface area contributed by atoms with E-state index in [-0.39, 0.29) is 17.6 Å². The molecule has 0 aliphatic rings. The van der Waals surface area contributed by atoms with E-state index < -0.39 is 9.84 Å². The maximum Gasteiger partial charge on any atom is 0.148 e. The monoisotopic (exact) mass is 274 g/mol. The van der Waals surface area contributed by atoms with Gasteiger partial charge in [-0.25, -0.2) is 12.8 Å². The zero-order valence-corrected chi connectivity index (χ0v) is 11.5. The van der Waals surface area contributed by atoms with Crippen molar-refractivity contribution in [1.29, 1.82) is 0 Å². The number of nitrogens with two attached hydrogens (primary N) is 1. The number of likely N-dealkylation sites (N-methyl/N-ethyl adjacent to an activating group) is 1. The van der Waals surface area contributed by atoms with Crippen molar-refractivity contribution in [2.45, 2.75) is 6.04 Å². The third kappa shape index (κ3) is 5.57. The van der Waals surface area contributed by atoms with Gasteiger partial charge in [0, 0.05) is 25.4 Å². The minimum absolute atomic E-state index is 0.111. The first kappa shape index (κ1) is 15.1. The Morgan fingerprint density at radius 3 is 2.39 bits per heavy atom. The number of sulfone groups is 1.